The SMILES string of the molecule is C#C.CC#Cc1cc(-c2nccc(C(N)=O)n2)c2cn[nH]c2c1.CN(C=O)CCO. The van der Waals surface area contributed by atoms with Crippen molar-refractivity contribution in [3.05, 3.63) is 41.9 Å². The molecule has 0 atom stereocenters. The van der Waals surface area contributed by atoms with Gasteiger partial charge in [0.05, 0.1) is 18.3 Å². The Morgan fingerprint density at radius 1 is 1.40 bits per heavy atom. The first kappa shape index (κ1) is 23.8. The molecule has 0 aliphatic carbocycles. The maximum Gasteiger partial charge on any atom is 0.267 e. The molecule has 2 amide bonds. The predicted molar refractivity (Wildman–Crippen MR) is 114 cm³/mol. The standard InChI is InChI=1S/C15H11N5O.C4H9NO2.C2H2/c1-2-3-9-6-10(11-8-18-20-13(11)7-9)15-17-5-4-12(19-15)14(16)21;1-5(4-7)2-3-6;1-2/h4-8H,1H3,(H2,16,21)(H,18,20);4,6H,2-3H2,1H3;1-2H. The van der Waals surface area contributed by atoms with E-state index in [4.69, 9.17) is 10.8 Å². The van der Waals surface area contributed by atoms with Gasteiger partial charge in [-0.1, -0.05) is 5.92 Å². The van der Waals surface area contributed by atoms with Gasteiger partial charge in [0.15, 0.2) is 5.82 Å². The monoisotopic (exact) mass is 406 g/mol. The van der Waals surface area contributed by atoms with E-state index in [-0.39, 0.29) is 12.3 Å². The van der Waals surface area contributed by atoms with E-state index in [1.54, 1.807) is 20.2 Å². The Bertz CT molecular complexity index is 1080. The van der Waals surface area contributed by atoms with Crippen molar-refractivity contribution in [2.24, 2.45) is 5.73 Å². The molecule has 0 spiro atoms. The first-order valence-electron chi connectivity index (χ1n) is 8.63. The van der Waals surface area contributed by atoms with Crippen LogP contribution in [0.1, 0.15) is 23.0 Å². The number of terminal acetylenes is 1. The number of rotatable bonds is 5. The van der Waals surface area contributed by atoms with E-state index in [1.807, 2.05) is 12.1 Å². The maximum atomic E-state index is 11.3. The number of fused-ring (bicyclic) bond motifs is 1. The van der Waals surface area contributed by atoms with Gasteiger partial charge in [0.25, 0.3) is 5.91 Å². The van der Waals surface area contributed by atoms with Crippen LogP contribution in [0, 0.1) is 24.7 Å². The highest BCUT2D eigenvalue weighted by Gasteiger charge is 2.12. The summed E-state index contributed by atoms with van der Waals surface area (Å²) < 4.78 is 0. The fourth-order valence-electron chi connectivity index (χ4n) is 2.29. The van der Waals surface area contributed by atoms with Crippen molar-refractivity contribution in [3.8, 4) is 36.1 Å². The van der Waals surface area contributed by atoms with E-state index < -0.39 is 5.91 Å². The van der Waals surface area contributed by atoms with Crippen LogP contribution in [0.3, 0.4) is 0 Å². The number of amides is 2. The molecule has 9 nitrogen and oxygen atoms in total. The number of aliphatic hydroxyl groups is 1. The van der Waals surface area contributed by atoms with Crippen molar-refractivity contribution in [2.75, 3.05) is 20.2 Å². The van der Waals surface area contributed by atoms with Crippen molar-refractivity contribution < 1.29 is 14.7 Å². The average Bonchev–Trinajstić information content (AvgIpc) is 3.24. The number of hydrogen-bond donors (Lipinski definition) is 3. The lowest BCUT2D eigenvalue weighted by molar-refractivity contribution is -0.117. The molecule has 0 unspecified atom stereocenters. The lowest BCUT2D eigenvalue weighted by atomic mass is 10.1. The fourth-order valence-corrected chi connectivity index (χ4v) is 2.29. The third-order valence-corrected chi connectivity index (χ3v) is 3.61. The lowest BCUT2D eigenvalue weighted by Crippen LogP contribution is -2.19. The van der Waals surface area contributed by atoms with Gasteiger partial charge in [-0.25, -0.2) is 9.97 Å². The molecule has 0 aliphatic rings. The third-order valence-electron chi connectivity index (χ3n) is 3.61. The minimum Gasteiger partial charge on any atom is -0.395 e. The molecular formula is C21H22N6O3. The number of nitrogens with two attached hydrogens (primary N) is 1. The molecular weight excluding hydrogens is 384 g/mol. The summed E-state index contributed by atoms with van der Waals surface area (Å²) in [5.41, 5.74) is 7.83. The van der Waals surface area contributed by atoms with Crippen molar-refractivity contribution in [2.45, 2.75) is 6.92 Å². The predicted octanol–water partition coefficient (Wildman–Crippen LogP) is 0.806. The molecule has 0 fully saturated rings. The minimum atomic E-state index is -0.591. The maximum absolute atomic E-state index is 11.3. The molecule has 1 aromatic carbocycles. The van der Waals surface area contributed by atoms with Gasteiger partial charge in [0.2, 0.25) is 6.41 Å². The van der Waals surface area contributed by atoms with Crippen molar-refractivity contribution in [3.63, 3.8) is 0 Å². The molecule has 0 saturated heterocycles. The zero-order valence-corrected chi connectivity index (χ0v) is 16.7. The summed E-state index contributed by atoms with van der Waals surface area (Å²) in [6, 6.07) is 5.25. The van der Waals surface area contributed by atoms with Crippen LogP contribution in [-0.4, -0.2) is 62.7 Å². The molecule has 0 bridgehead atoms. The van der Waals surface area contributed by atoms with Crippen LogP contribution < -0.4 is 5.73 Å². The van der Waals surface area contributed by atoms with Crippen molar-refractivity contribution in [1.29, 1.82) is 0 Å². The highest BCUT2D eigenvalue weighted by molar-refractivity contribution is 5.95. The summed E-state index contributed by atoms with van der Waals surface area (Å²) in [6.07, 6.45) is 11.9. The summed E-state index contributed by atoms with van der Waals surface area (Å²) in [5, 5.41) is 16.0. The average molecular weight is 406 g/mol. The van der Waals surface area contributed by atoms with Gasteiger partial charge in [-0.3, -0.25) is 14.7 Å². The highest BCUT2D eigenvalue weighted by atomic mass is 16.3. The number of likely N-dealkylation sites (N-methyl/N-ethyl adjacent to an activating group) is 1. The zero-order valence-electron chi connectivity index (χ0n) is 16.7. The van der Waals surface area contributed by atoms with Gasteiger partial charge in [-0.2, -0.15) is 5.10 Å². The number of primary amides is 1. The quantitative estimate of drug-likeness (QED) is 0.423. The largest absolute Gasteiger partial charge is 0.395 e. The summed E-state index contributed by atoms with van der Waals surface area (Å²) >= 11 is 0. The summed E-state index contributed by atoms with van der Waals surface area (Å²) in [5.74, 6) is 5.67. The second-order valence-corrected chi connectivity index (χ2v) is 5.67. The van der Waals surface area contributed by atoms with E-state index >= 15 is 0 Å². The normalized spacial score (nSPS) is 9.10. The first-order valence-corrected chi connectivity index (χ1v) is 8.63. The highest BCUT2D eigenvalue weighted by Crippen LogP contribution is 2.26. The summed E-state index contributed by atoms with van der Waals surface area (Å²) in [7, 11) is 1.61. The van der Waals surface area contributed by atoms with Crippen LogP contribution in [0.15, 0.2) is 30.6 Å². The van der Waals surface area contributed by atoms with E-state index in [1.165, 1.54) is 17.2 Å². The van der Waals surface area contributed by atoms with E-state index in [2.05, 4.69) is 44.9 Å². The van der Waals surface area contributed by atoms with Crippen LogP contribution in [0.4, 0.5) is 0 Å². The van der Waals surface area contributed by atoms with Gasteiger partial charge in [0, 0.05) is 36.3 Å². The molecule has 154 valence electrons. The second kappa shape index (κ2) is 12.3. The number of H-pyrrole nitrogens is 1. The molecule has 0 radical (unpaired) electrons. The van der Waals surface area contributed by atoms with Crippen molar-refractivity contribution >= 4 is 23.2 Å². The number of nitrogens with zero attached hydrogens (tertiary/aromatic N) is 4. The molecule has 9 heteroatoms. The summed E-state index contributed by atoms with van der Waals surface area (Å²) in [4.78, 5) is 30.8. The van der Waals surface area contributed by atoms with Crippen molar-refractivity contribution in [1.82, 2.24) is 25.1 Å². The van der Waals surface area contributed by atoms with Crippen LogP contribution in [-0.2, 0) is 4.79 Å². The number of nitrogens with one attached hydrogen (secondary N) is 1. The number of aromatic amines is 1. The van der Waals surface area contributed by atoms with Gasteiger partial charge in [-0.05, 0) is 25.1 Å². The topological polar surface area (TPSA) is 138 Å². The van der Waals surface area contributed by atoms with E-state index in [0.717, 1.165) is 22.0 Å². The minimum absolute atomic E-state index is 0.0369. The Hall–Kier alpha value is -4.21. The second-order valence-electron chi connectivity index (χ2n) is 5.67. The van der Waals surface area contributed by atoms with Gasteiger partial charge >= 0.3 is 0 Å². The molecule has 3 aromatic rings. The number of carbonyl (C=O) groups is 2. The summed E-state index contributed by atoms with van der Waals surface area (Å²) in [6.45, 7) is 2.22. The third kappa shape index (κ3) is 6.44. The Balaban J connectivity index is 0.000000428. The molecule has 2 aromatic heterocycles. The number of carbonyl (C=O) groups excluding carboxylic acids is 2. The Labute approximate surface area is 174 Å². The van der Waals surface area contributed by atoms with E-state index in [0.29, 0.717) is 18.8 Å². The van der Waals surface area contributed by atoms with Gasteiger partial charge < -0.3 is 15.7 Å². The van der Waals surface area contributed by atoms with Crippen LogP contribution in [0.2, 0.25) is 0 Å². The van der Waals surface area contributed by atoms with Crippen LogP contribution >= 0.6 is 0 Å². The van der Waals surface area contributed by atoms with E-state index in [9.17, 15) is 9.59 Å². The molecule has 0 saturated carbocycles. The Morgan fingerprint density at radius 3 is 2.70 bits per heavy atom. The lowest BCUT2D eigenvalue weighted by Gasteiger charge is -2.04. The zero-order chi connectivity index (χ0) is 22.5. The first-order chi connectivity index (χ1) is 14.5. The number of aromatic nitrogens is 4. The van der Waals surface area contributed by atoms with Gasteiger partial charge in [-0.15, -0.1) is 18.8 Å². The molecule has 2 heterocycles. The van der Waals surface area contributed by atoms with Gasteiger partial charge in [0.1, 0.15) is 5.69 Å². The fraction of sp³-hybridized carbons (Fsp3) is 0.190. The van der Waals surface area contributed by atoms with Crippen LogP contribution in [0.5, 0.6) is 0 Å². The number of hydrogen-bond acceptors (Lipinski definition) is 6. The number of benzene rings is 1. The Morgan fingerprint density at radius 2 is 2.13 bits per heavy atom. The number of aliphatic hydroxyl groups excluding tert-OH is 1. The Kier molecular flexibility index (Phi) is 9.76. The molecule has 0 aliphatic heterocycles. The molecule has 3 rings (SSSR count). The molecule has 4 N–H and O–H groups in total. The smallest absolute Gasteiger partial charge is 0.267 e. The molecule has 30 heavy (non-hydrogen) atoms. The van der Waals surface area contributed by atoms with Crippen LogP contribution in [0.25, 0.3) is 22.3 Å².